The molecule has 0 heterocycles. The zero-order chi connectivity index (χ0) is 15.1. The van der Waals surface area contributed by atoms with E-state index >= 15 is 0 Å². The fraction of sp³-hybridized carbons (Fsp3) is 0.750. The molecule has 0 aromatic heterocycles. The van der Waals surface area contributed by atoms with Crippen molar-refractivity contribution in [2.45, 2.75) is 65.2 Å². The van der Waals surface area contributed by atoms with Crippen LogP contribution in [-0.4, -0.2) is 25.2 Å². The summed E-state index contributed by atoms with van der Waals surface area (Å²) in [5.74, 6) is -0.676. The molecule has 4 nitrogen and oxygen atoms in total. The number of carbonyl (C=O) groups is 2. The fourth-order valence-corrected chi connectivity index (χ4v) is 1.64. The topological polar surface area (TPSA) is 52.6 Å². The summed E-state index contributed by atoms with van der Waals surface area (Å²) >= 11 is 0. The first-order valence-electron chi connectivity index (χ1n) is 7.66. The third kappa shape index (κ3) is 13.1. The monoisotopic (exact) mass is 284 g/mol. The minimum atomic E-state index is -0.348. The average Bonchev–Trinajstić information content (AvgIpc) is 2.43. The second-order valence-electron chi connectivity index (χ2n) is 4.63. The third-order valence-corrected chi connectivity index (χ3v) is 2.76. The number of unbranched alkanes of at least 4 members (excludes halogenated alkanes) is 4. The molecular formula is C16H28O4. The van der Waals surface area contributed by atoms with Gasteiger partial charge in [0.25, 0.3) is 0 Å². The lowest BCUT2D eigenvalue weighted by Crippen LogP contribution is -2.10. The number of allylic oxidation sites excluding steroid dienone is 2. The largest absolute Gasteiger partial charge is 0.466 e. The standard InChI is InChI=1S/C16H28O4/c1-3-5-6-7-8-9-10-11-14-20-16(18)13-12-15(17)19-4-2/h8-9H,3-7,10-14H2,1-2H3/b9-8+. The van der Waals surface area contributed by atoms with Crippen molar-refractivity contribution in [1.82, 2.24) is 0 Å². The smallest absolute Gasteiger partial charge is 0.306 e. The highest BCUT2D eigenvalue weighted by atomic mass is 16.5. The summed E-state index contributed by atoms with van der Waals surface area (Å²) in [6.07, 6.45) is 11.2. The quantitative estimate of drug-likeness (QED) is 0.311. The number of carbonyl (C=O) groups excluding carboxylic acids is 2. The zero-order valence-electron chi connectivity index (χ0n) is 12.9. The molecular weight excluding hydrogens is 256 g/mol. The Hall–Kier alpha value is -1.32. The van der Waals surface area contributed by atoms with Gasteiger partial charge in [-0.2, -0.15) is 0 Å². The summed E-state index contributed by atoms with van der Waals surface area (Å²) < 4.78 is 9.77. The van der Waals surface area contributed by atoms with Gasteiger partial charge in [-0.05, 0) is 32.6 Å². The Morgan fingerprint density at radius 1 is 0.850 bits per heavy atom. The van der Waals surface area contributed by atoms with Crippen LogP contribution in [0, 0.1) is 0 Å². The van der Waals surface area contributed by atoms with Gasteiger partial charge in [0.15, 0.2) is 0 Å². The van der Waals surface area contributed by atoms with Gasteiger partial charge >= 0.3 is 11.9 Å². The number of hydrogen-bond acceptors (Lipinski definition) is 4. The van der Waals surface area contributed by atoms with Crippen molar-refractivity contribution >= 4 is 11.9 Å². The summed E-state index contributed by atoms with van der Waals surface area (Å²) in [6.45, 7) is 4.70. The van der Waals surface area contributed by atoms with Crippen LogP contribution >= 0.6 is 0 Å². The Morgan fingerprint density at radius 3 is 2.05 bits per heavy atom. The van der Waals surface area contributed by atoms with Gasteiger partial charge in [-0.25, -0.2) is 0 Å². The van der Waals surface area contributed by atoms with E-state index in [1.807, 2.05) is 0 Å². The van der Waals surface area contributed by atoms with E-state index in [1.54, 1.807) is 6.92 Å². The van der Waals surface area contributed by atoms with Gasteiger partial charge in [0, 0.05) is 0 Å². The fourth-order valence-electron chi connectivity index (χ4n) is 1.64. The number of esters is 2. The summed E-state index contributed by atoms with van der Waals surface area (Å²) in [4.78, 5) is 22.3. The van der Waals surface area contributed by atoms with Gasteiger partial charge in [0.2, 0.25) is 0 Å². The molecule has 0 fully saturated rings. The van der Waals surface area contributed by atoms with Crippen LogP contribution in [0.5, 0.6) is 0 Å². The molecule has 0 bridgehead atoms. The van der Waals surface area contributed by atoms with Crippen molar-refractivity contribution in [1.29, 1.82) is 0 Å². The van der Waals surface area contributed by atoms with Crippen molar-refractivity contribution in [3.05, 3.63) is 12.2 Å². The van der Waals surface area contributed by atoms with Crippen molar-refractivity contribution in [3.8, 4) is 0 Å². The molecule has 0 saturated heterocycles. The molecule has 0 aromatic carbocycles. The first kappa shape index (κ1) is 18.7. The van der Waals surface area contributed by atoms with Crippen LogP contribution in [0.15, 0.2) is 12.2 Å². The van der Waals surface area contributed by atoms with Gasteiger partial charge in [-0.1, -0.05) is 31.9 Å². The van der Waals surface area contributed by atoms with Crippen LogP contribution in [0.1, 0.15) is 65.2 Å². The predicted octanol–water partition coefficient (Wildman–Crippen LogP) is 3.79. The van der Waals surface area contributed by atoms with Gasteiger partial charge in [-0.15, -0.1) is 0 Å². The number of hydrogen-bond donors (Lipinski definition) is 0. The molecule has 0 unspecified atom stereocenters. The van der Waals surface area contributed by atoms with Crippen LogP contribution in [0.4, 0.5) is 0 Å². The Labute approximate surface area is 122 Å². The van der Waals surface area contributed by atoms with E-state index in [2.05, 4.69) is 19.1 Å². The van der Waals surface area contributed by atoms with Crippen molar-refractivity contribution in [2.75, 3.05) is 13.2 Å². The number of rotatable bonds is 12. The minimum absolute atomic E-state index is 0.101. The van der Waals surface area contributed by atoms with E-state index in [9.17, 15) is 9.59 Å². The predicted molar refractivity (Wildman–Crippen MR) is 79.3 cm³/mol. The lowest BCUT2D eigenvalue weighted by Gasteiger charge is -2.03. The highest BCUT2D eigenvalue weighted by molar-refractivity contribution is 5.77. The SMILES string of the molecule is CCCCC/C=C/CCCOC(=O)CCC(=O)OCC. The first-order chi connectivity index (χ1) is 9.70. The lowest BCUT2D eigenvalue weighted by atomic mass is 10.2. The summed E-state index contributed by atoms with van der Waals surface area (Å²) in [6, 6.07) is 0. The second kappa shape index (κ2) is 14.1. The number of ether oxygens (including phenoxy) is 2. The Morgan fingerprint density at radius 2 is 1.45 bits per heavy atom. The van der Waals surface area contributed by atoms with E-state index in [-0.39, 0.29) is 24.8 Å². The zero-order valence-corrected chi connectivity index (χ0v) is 12.9. The van der Waals surface area contributed by atoms with Gasteiger partial charge < -0.3 is 9.47 Å². The Bertz CT molecular complexity index is 284. The molecule has 0 amide bonds. The molecule has 0 radical (unpaired) electrons. The molecule has 0 aliphatic rings. The van der Waals surface area contributed by atoms with Crippen LogP contribution in [0.25, 0.3) is 0 Å². The van der Waals surface area contributed by atoms with E-state index in [0.29, 0.717) is 13.2 Å². The molecule has 0 saturated carbocycles. The van der Waals surface area contributed by atoms with E-state index < -0.39 is 0 Å². The maximum absolute atomic E-state index is 11.3. The summed E-state index contributed by atoms with van der Waals surface area (Å²) in [5, 5.41) is 0. The normalized spacial score (nSPS) is 10.7. The van der Waals surface area contributed by atoms with Gasteiger partial charge in [0.05, 0.1) is 26.1 Å². The minimum Gasteiger partial charge on any atom is -0.466 e. The maximum Gasteiger partial charge on any atom is 0.306 e. The molecule has 116 valence electrons. The van der Waals surface area contributed by atoms with Gasteiger partial charge in [0.1, 0.15) is 0 Å². The summed E-state index contributed by atoms with van der Waals surface area (Å²) in [7, 11) is 0. The molecule has 0 atom stereocenters. The highest BCUT2D eigenvalue weighted by Crippen LogP contribution is 2.02. The first-order valence-corrected chi connectivity index (χ1v) is 7.66. The highest BCUT2D eigenvalue weighted by Gasteiger charge is 2.07. The molecule has 0 N–H and O–H groups in total. The molecule has 4 heteroatoms. The second-order valence-corrected chi connectivity index (χ2v) is 4.63. The van der Waals surface area contributed by atoms with Crippen LogP contribution in [0.2, 0.25) is 0 Å². The average molecular weight is 284 g/mol. The van der Waals surface area contributed by atoms with Crippen molar-refractivity contribution < 1.29 is 19.1 Å². The molecule has 0 spiro atoms. The molecule has 0 aromatic rings. The lowest BCUT2D eigenvalue weighted by molar-refractivity contribution is -0.150. The van der Waals surface area contributed by atoms with E-state index in [0.717, 1.165) is 19.3 Å². The van der Waals surface area contributed by atoms with Gasteiger partial charge in [-0.3, -0.25) is 9.59 Å². The Kier molecular flexibility index (Phi) is 13.2. The van der Waals surface area contributed by atoms with E-state index in [1.165, 1.54) is 19.3 Å². The molecule has 0 aliphatic heterocycles. The Balaban J connectivity index is 3.37. The molecule has 0 rings (SSSR count). The third-order valence-electron chi connectivity index (χ3n) is 2.76. The van der Waals surface area contributed by atoms with Crippen LogP contribution < -0.4 is 0 Å². The van der Waals surface area contributed by atoms with Crippen molar-refractivity contribution in [3.63, 3.8) is 0 Å². The van der Waals surface area contributed by atoms with Crippen molar-refractivity contribution in [2.24, 2.45) is 0 Å². The van der Waals surface area contributed by atoms with Crippen LogP contribution in [-0.2, 0) is 19.1 Å². The molecule has 20 heavy (non-hydrogen) atoms. The molecule has 0 aliphatic carbocycles. The summed E-state index contributed by atoms with van der Waals surface area (Å²) in [5.41, 5.74) is 0. The maximum atomic E-state index is 11.3. The van der Waals surface area contributed by atoms with Crippen LogP contribution in [0.3, 0.4) is 0 Å². The van der Waals surface area contributed by atoms with E-state index in [4.69, 9.17) is 9.47 Å².